The highest BCUT2D eigenvalue weighted by Gasteiger charge is 2.28. The van der Waals surface area contributed by atoms with E-state index in [2.05, 4.69) is 20.8 Å². The average Bonchev–Trinajstić information content (AvgIpc) is 2.70. The van der Waals surface area contributed by atoms with Crippen LogP contribution < -0.4 is 9.47 Å². The Morgan fingerprint density at radius 2 is 1.66 bits per heavy atom. The fraction of sp³-hybridized carbons (Fsp3) is 0.333. The third kappa shape index (κ3) is 4.53. The number of fused-ring (bicyclic) bond motifs is 1. The monoisotopic (exact) mass is 399 g/mol. The van der Waals surface area contributed by atoms with Crippen LogP contribution in [0.4, 0.5) is 5.69 Å². The zero-order chi connectivity index (χ0) is 21.2. The molecule has 0 saturated carbocycles. The summed E-state index contributed by atoms with van der Waals surface area (Å²) in [5, 5.41) is 11.3. The van der Waals surface area contributed by atoms with Crippen molar-refractivity contribution in [2.75, 3.05) is 19.8 Å². The number of nitrogens with zero attached hydrogens (tertiary/aromatic N) is 1. The lowest BCUT2D eigenvalue weighted by Gasteiger charge is -2.19. The molecule has 0 unspecified atom stereocenters. The maximum atomic E-state index is 12.4. The van der Waals surface area contributed by atoms with Crippen LogP contribution in [-0.4, -0.2) is 36.5 Å². The van der Waals surface area contributed by atoms with Gasteiger partial charge in [-0.05, 0) is 11.0 Å². The number of carbonyl (C=O) groups excluding carboxylic acids is 2. The summed E-state index contributed by atoms with van der Waals surface area (Å²) in [6.45, 7) is 6.18. The molecule has 0 aliphatic carbocycles. The summed E-state index contributed by atoms with van der Waals surface area (Å²) < 4.78 is 15.7. The first-order valence-electron chi connectivity index (χ1n) is 9.06. The molecule has 1 aliphatic rings. The molecule has 0 radical (unpaired) electrons. The zero-order valence-corrected chi connectivity index (χ0v) is 16.4. The second-order valence-electron chi connectivity index (χ2n) is 7.60. The predicted octanol–water partition coefficient (Wildman–Crippen LogP) is 3.70. The fourth-order valence-electron chi connectivity index (χ4n) is 2.84. The minimum absolute atomic E-state index is 0.0504. The molecule has 2 aromatic rings. The number of ketones is 1. The molecule has 0 spiro atoms. The number of esters is 1. The van der Waals surface area contributed by atoms with Crippen molar-refractivity contribution in [1.82, 2.24) is 0 Å². The predicted molar refractivity (Wildman–Crippen MR) is 104 cm³/mol. The summed E-state index contributed by atoms with van der Waals surface area (Å²) in [7, 11) is 0. The highest BCUT2D eigenvalue weighted by Crippen LogP contribution is 2.36. The topological polar surface area (TPSA) is 105 Å². The van der Waals surface area contributed by atoms with Gasteiger partial charge in [-0.15, -0.1) is 0 Å². The molecule has 1 heterocycles. The molecule has 8 nitrogen and oxygen atoms in total. The van der Waals surface area contributed by atoms with Gasteiger partial charge in [0.2, 0.25) is 0 Å². The Labute approximate surface area is 167 Å². The van der Waals surface area contributed by atoms with Gasteiger partial charge in [0.05, 0.1) is 11.0 Å². The van der Waals surface area contributed by atoms with Crippen molar-refractivity contribution in [3.8, 4) is 11.5 Å². The number of hydrogen-bond acceptors (Lipinski definition) is 7. The first kappa shape index (κ1) is 20.3. The molecule has 8 heteroatoms. The molecule has 0 bridgehead atoms. The normalized spacial score (nSPS) is 12.9. The number of rotatable bonds is 5. The molecule has 152 valence electrons. The number of benzene rings is 2. The van der Waals surface area contributed by atoms with Crippen LogP contribution in [0.2, 0.25) is 0 Å². The molecular weight excluding hydrogens is 378 g/mol. The SMILES string of the molecule is CC(C)(C)c1ccc(C(=O)COC(=O)c2cc3c(cc2[N+](=O)[O-])OCCO3)cc1. The van der Waals surface area contributed by atoms with Gasteiger partial charge in [0.15, 0.2) is 23.9 Å². The van der Waals surface area contributed by atoms with Gasteiger partial charge in [0.25, 0.3) is 5.69 Å². The minimum Gasteiger partial charge on any atom is -0.486 e. The van der Waals surface area contributed by atoms with Crippen LogP contribution in [0.25, 0.3) is 0 Å². The molecule has 0 aromatic heterocycles. The molecule has 0 fully saturated rings. The van der Waals surface area contributed by atoms with E-state index in [4.69, 9.17) is 14.2 Å². The van der Waals surface area contributed by atoms with Gasteiger partial charge in [-0.25, -0.2) is 4.79 Å². The van der Waals surface area contributed by atoms with Crippen LogP contribution >= 0.6 is 0 Å². The van der Waals surface area contributed by atoms with Gasteiger partial charge in [-0.3, -0.25) is 14.9 Å². The number of nitro benzene ring substituents is 1. The quantitative estimate of drug-likeness (QED) is 0.327. The molecule has 0 saturated heterocycles. The Bertz CT molecular complexity index is 958. The highest BCUT2D eigenvalue weighted by atomic mass is 16.6. The lowest BCUT2D eigenvalue weighted by atomic mass is 9.86. The van der Waals surface area contributed by atoms with Crippen molar-refractivity contribution in [2.24, 2.45) is 0 Å². The van der Waals surface area contributed by atoms with Gasteiger partial charge in [0.1, 0.15) is 18.8 Å². The molecule has 0 atom stereocenters. The number of ether oxygens (including phenoxy) is 3. The molecule has 29 heavy (non-hydrogen) atoms. The molecule has 2 aromatic carbocycles. The van der Waals surface area contributed by atoms with E-state index >= 15 is 0 Å². The van der Waals surface area contributed by atoms with Crippen molar-refractivity contribution in [1.29, 1.82) is 0 Å². The molecule has 1 aliphatic heterocycles. The smallest absolute Gasteiger partial charge is 0.345 e. The standard InChI is InChI=1S/C21H21NO7/c1-21(2,3)14-6-4-13(5-7-14)17(23)12-29-20(24)15-10-18-19(28-9-8-27-18)11-16(15)22(25)26/h4-7,10-11H,8-9,12H2,1-3H3. The van der Waals surface area contributed by atoms with Crippen molar-refractivity contribution in [3.05, 3.63) is 63.2 Å². The largest absolute Gasteiger partial charge is 0.486 e. The molecule has 0 N–H and O–H groups in total. The lowest BCUT2D eigenvalue weighted by molar-refractivity contribution is -0.385. The van der Waals surface area contributed by atoms with Crippen LogP contribution in [0.15, 0.2) is 36.4 Å². The average molecular weight is 399 g/mol. The Morgan fingerprint density at radius 1 is 1.07 bits per heavy atom. The van der Waals surface area contributed by atoms with E-state index in [1.54, 1.807) is 12.1 Å². The summed E-state index contributed by atoms with van der Waals surface area (Å²) in [5.74, 6) is -0.972. The highest BCUT2D eigenvalue weighted by molar-refractivity contribution is 6.00. The van der Waals surface area contributed by atoms with Crippen LogP contribution in [0.1, 0.15) is 47.1 Å². The Balaban J connectivity index is 1.73. The molecule has 0 amide bonds. The Kier molecular flexibility index (Phi) is 5.54. The lowest BCUT2D eigenvalue weighted by Crippen LogP contribution is -2.18. The van der Waals surface area contributed by atoms with Crippen molar-refractivity contribution in [3.63, 3.8) is 0 Å². The molecule has 3 rings (SSSR count). The number of nitro groups is 1. The first-order chi connectivity index (χ1) is 13.7. The summed E-state index contributed by atoms with van der Waals surface area (Å²) in [4.78, 5) is 35.4. The van der Waals surface area contributed by atoms with E-state index in [9.17, 15) is 19.7 Å². The van der Waals surface area contributed by atoms with E-state index in [0.717, 1.165) is 11.6 Å². The maximum Gasteiger partial charge on any atom is 0.345 e. The zero-order valence-electron chi connectivity index (χ0n) is 16.4. The second-order valence-corrected chi connectivity index (χ2v) is 7.60. The first-order valence-corrected chi connectivity index (χ1v) is 9.06. The fourth-order valence-corrected chi connectivity index (χ4v) is 2.84. The summed E-state index contributed by atoms with van der Waals surface area (Å²) in [5.41, 5.74) is 0.641. The van der Waals surface area contributed by atoms with E-state index in [1.165, 1.54) is 6.07 Å². The molecular formula is C21H21NO7. The summed E-state index contributed by atoms with van der Waals surface area (Å²) in [6, 6.07) is 9.36. The van der Waals surface area contributed by atoms with Crippen molar-refractivity contribution in [2.45, 2.75) is 26.2 Å². The van der Waals surface area contributed by atoms with Crippen LogP contribution in [0, 0.1) is 10.1 Å². The van der Waals surface area contributed by atoms with Crippen LogP contribution in [0.3, 0.4) is 0 Å². The maximum absolute atomic E-state index is 12.4. The Hall–Kier alpha value is -3.42. The van der Waals surface area contributed by atoms with Gasteiger partial charge in [0, 0.05) is 11.6 Å². The van der Waals surface area contributed by atoms with Gasteiger partial charge < -0.3 is 14.2 Å². The summed E-state index contributed by atoms with van der Waals surface area (Å²) >= 11 is 0. The van der Waals surface area contributed by atoms with E-state index in [0.29, 0.717) is 5.56 Å². The minimum atomic E-state index is -0.978. The third-order valence-electron chi connectivity index (χ3n) is 4.48. The van der Waals surface area contributed by atoms with Gasteiger partial charge in [-0.1, -0.05) is 45.0 Å². The summed E-state index contributed by atoms with van der Waals surface area (Å²) in [6.07, 6.45) is 0. The number of hydrogen-bond donors (Lipinski definition) is 0. The van der Waals surface area contributed by atoms with Gasteiger partial charge >= 0.3 is 5.97 Å². The van der Waals surface area contributed by atoms with Crippen molar-refractivity contribution >= 4 is 17.4 Å². The van der Waals surface area contributed by atoms with Crippen molar-refractivity contribution < 1.29 is 28.7 Å². The van der Waals surface area contributed by atoms with Crippen LogP contribution in [-0.2, 0) is 10.2 Å². The van der Waals surface area contributed by atoms with E-state index < -0.39 is 29.0 Å². The number of carbonyl (C=O) groups is 2. The van der Waals surface area contributed by atoms with Gasteiger partial charge in [-0.2, -0.15) is 0 Å². The second kappa shape index (κ2) is 7.90. The number of Topliss-reactive ketones (excluding diaryl/α,β-unsaturated/α-hetero) is 1. The third-order valence-corrected chi connectivity index (χ3v) is 4.48. The van der Waals surface area contributed by atoms with Crippen LogP contribution in [0.5, 0.6) is 11.5 Å². The van der Waals surface area contributed by atoms with E-state index in [-0.39, 0.29) is 35.7 Å². The Morgan fingerprint density at radius 3 is 2.21 bits per heavy atom. The van der Waals surface area contributed by atoms with E-state index in [1.807, 2.05) is 12.1 Å².